The molecule has 3 N–H and O–H groups in total. The van der Waals surface area contributed by atoms with E-state index in [1.54, 1.807) is 12.3 Å². The van der Waals surface area contributed by atoms with Crippen molar-refractivity contribution >= 4 is 17.6 Å². The lowest BCUT2D eigenvalue weighted by molar-refractivity contribution is -0.115. The van der Waals surface area contributed by atoms with Crippen molar-refractivity contribution in [1.29, 1.82) is 0 Å². The molecule has 0 aliphatic carbocycles. The second kappa shape index (κ2) is 8.84. The monoisotopic (exact) mass is 356 g/mol. The van der Waals surface area contributed by atoms with Crippen LogP contribution < -0.4 is 20.7 Å². The van der Waals surface area contributed by atoms with Gasteiger partial charge in [0, 0.05) is 24.0 Å². The highest BCUT2D eigenvalue weighted by atomic mass is 16.5. The first kappa shape index (κ1) is 19.2. The van der Waals surface area contributed by atoms with Gasteiger partial charge in [0.25, 0.3) is 0 Å². The zero-order valence-corrected chi connectivity index (χ0v) is 15.5. The molecule has 1 aromatic heterocycles. The third kappa shape index (κ3) is 5.20. The van der Waals surface area contributed by atoms with Crippen LogP contribution in [0, 0.1) is 20.8 Å². The molecule has 0 atom stereocenters. The predicted molar refractivity (Wildman–Crippen MR) is 100 cm³/mol. The molecule has 0 saturated heterocycles. The van der Waals surface area contributed by atoms with Crippen LogP contribution in [0.25, 0.3) is 0 Å². The van der Waals surface area contributed by atoms with Crippen molar-refractivity contribution in [3.63, 3.8) is 0 Å². The molecular weight excluding hydrogens is 332 g/mol. The van der Waals surface area contributed by atoms with Crippen molar-refractivity contribution < 1.29 is 14.3 Å². The number of amides is 3. The normalized spacial score (nSPS) is 10.2. The summed E-state index contributed by atoms with van der Waals surface area (Å²) in [6.45, 7) is 6.02. The second-order valence-electron chi connectivity index (χ2n) is 6.03. The molecule has 0 spiro atoms. The Balaban J connectivity index is 1.83. The first-order chi connectivity index (χ1) is 12.4. The van der Waals surface area contributed by atoms with Gasteiger partial charge in [0.1, 0.15) is 0 Å². The van der Waals surface area contributed by atoms with E-state index in [-0.39, 0.29) is 19.0 Å². The summed E-state index contributed by atoms with van der Waals surface area (Å²) >= 11 is 0. The third-order valence-electron chi connectivity index (χ3n) is 3.83. The van der Waals surface area contributed by atoms with Crippen LogP contribution in [0.3, 0.4) is 0 Å². The lowest BCUT2D eigenvalue weighted by Crippen LogP contribution is -2.39. The van der Waals surface area contributed by atoms with Crippen LogP contribution in [0.15, 0.2) is 30.5 Å². The van der Waals surface area contributed by atoms with E-state index >= 15 is 0 Å². The van der Waals surface area contributed by atoms with Crippen LogP contribution in [0.2, 0.25) is 0 Å². The lowest BCUT2D eigenvalue weighted by Gasteiger charge is -2.13. The number of methoxy groups -OCH3 is 1. The van der Waals surface area contributed by atoms with Crippen LogP contribution >= 0.6 is 0 Å². The predicted octanol–water partition coefficient (Wildman–Crippen LogP) is 2.45. The molecule has 0 fully saturated rings. The van der Waals surface area contributed by atoms with E-state index < -0.39 is 6.03 Å². The molecule has 0 bridgehead atoms. The molecule has 1 heterocycles. The van der Waals surface area contributed by atoms with Gasteiger partial charge in [0.15, 0.2) is 0 Å². The van der Waals surface area contributed by atoms with Crippen LogP contribution in [0.5, 0.6) is 5.88 Å². The molecule has 2 rings (SSSR count). The minimum Gasteiger partial charge on any atom is -0.481 e. The number of aryl methyl sites for hydroxylation is 3. The Labute approximate surface area is 153 Å². The molecule has 0 aliphatic rings. The van der Waals surface area contributed by atoms with Gasteiger partial charge in [-0.05, 0) is 38.0 Å². The molecule has 0 aliphatic heterocycles. The van der Waals surface area contributed by atoms with E-state index in [1.165, 1.54) is 7.11 Å². The maximum Gasteiger partial charge on any atom is 0.315 e. The van der Waals surface area contributed by atoms with Crippen LogP contribution in [0.4, 0.5) is 10.5 Å². The number of nitrogens with one attached hydrogen (secondary N) is 3. The number of aromatic nitrogens is 1. The fourth-order valence-corrected chi connectivity index (χ4v) is 2.70. The van der Waals surface area contributed by atoms with E-state index in [0.717, 1.165) is 27.9 Å². The van der Waals surface area contributed by atoms with E-state index in [0.29, 0.717) is 5.88 Å². The molecule has 2 aromatic rings. The first-order valence-electron chi connectivity index (χ1n) is 8.28. The zero-order valence-electron chi connectivity index (χ0n) is 15.5. The highest BCUT2D eigenvalue weighted by Crippen LogP contribution is 2.21. The summed E-state index contributed by atoms with van der Waals surface area (Å²) in [5.74, 6) is 0.171. The quantitative estimate of drug-likeness (QED) is 0.741. The Kier molecular flexibility index (Phi) is 6.54. The van der Waals surface area contributed by atoms with Gasteiger partial charge in [-0.15, -0.1) is 0 Å². The van der Waals surface area contributed by atoms with E-state index in [9.17, 15) is 9.59 Å². The molecule has 3 amide bonds. The van der Waals surface area contributed by atoms with Crippen molar-refractivity contribution in [3.05, 3.63) is 52.7 Å². The summed E-state index contributed by atoms with van der Waals surface area (Å²) in [6, 6.07) is 7.14. The van der Waals surface area contributed by atoms with Gasteiger partial charge < -0.3 is 20.7 Å². The van der Waals surface area contributed by atoms with Gasteiger partial charge in [-0.25, -0.2) is 9.78 Å². The Morgan fingerprint density at radius 3 is 2.46 bits per heavy atom. The Hall–Kier alpha value is -3.09. The number of nitrogens with zero attached hydrogens (tertiary/aromatic N) is 1. The van der Waals surface area contributed by atoms with Gasteiger partial charge >= 0.3 is 6.03 Å². The topological polar surface area (TPSA) is 92.3 Å². The molecule has 7 heteroatoms. The third-order valence-corrected chi connectivity index (χ3v) is 3.83. The molecule has 26 heavy (non-hydrogen) atoms. The number of carbonyl (C=O) groups is 2. The number of anilines is 1. The van der Waals surface area contributed by atoms with E-state index in [1.807, 2.05) is 39.0 Å². The van der Waals surface area contributed by atoms with Gasteiger partial charge in [0.2, 0.25) is 11.8 Å². The zero-order chi connectivity index (χ0) is 19.1. The molecule has 138 valence electrons. The molecule has 7 nitrogen and oxygen atoms in total. The van der Waals surface area contributed by atoms with Crippen LogP contribution in [-0.4, -0.2) is 30.6 Å². The maximum atomic E-state index is 12.1. The van der Waals surface area contributed by atoms with Crippen LogP contribution in [-0.2, 0) is 11.3 Å². The average molecular weight is 356 g/mol. The number of carbonyl (C=O) groups excluding carboxylic acids is 2. The number of rotatable bonds is 6. The first-order valence-corrected chi connectivity index (χ1v) is 8.28. The number of benzene rings is 1. The molecule has 0 saturated carbocycles. The van der Waals surface area contributed by atoms with Crippen molar-refractivity contribution in [3.8, 4) is 5.88 Å². The Bertz CT molecular complexity index is 782. The van der Waals surface area contributed by atoms with Gasteiger partial charge in [-0.3, -0.25) is 4.79 Å². The fraction of sp³-hybridized carbons (Fsp3) is 0.316. The molecule has 0 radical (unpaired) electrons. The number of ether oxygens (including phenoxy) is 1. The van der Waals surface area contributed by atoms with Gasteiger partial charge in [-0.2, -0.15) is 0 Å². The second-order valence-corrected chi connectivity index (χ2v) is 6.03. The summed E-state index contributed by atoms with van der Waals surface area (Å²) in [7, 11) is 1.52. The SMILES string of the molecule is COc1ncccc1CNC(=O)NCC(=O)Nc1c(C)cc(C)cc1C. The lowest BCUT2D eigenvalue weighted by atomic mass is 10.1. The van der Waals surface area contributed by atoms with Crippen molar-refractivity contribution in [2.45, 2.75) is 27.3 Å². The van der Waals surface area contributed by atoms with Gasteiger partial charge in [-0.1, -0.05) is 23.8 Å². The Morgan fingerprint density at radius 1 is 1.12 bits per heavy atom. The Morgan fingerprint density at radius 2 is 1.81 bits per heavy atom. The van der Waals surface area contributed by atoms with Crippen molar-refractivity contribution in [1.82, 2.24) is 15.6 Å². The standard InChI is InChI=1S/C19H24N4O3/c1-12-8-13(2)17(14(3)9-12)23-16(24)11-22-19(25)21-10-15-6-5-7-20-18(15)26-4/h5-9H,10-11H2,1-4H3,(H,23,24)(H2,21,22,25). The molecule has 0 unspecified atom stereocenters. The highest BCUT2D eigenvalue weighted by molar-refractivity contribution is 5.95. The molecular formula is C19H24N4O3. The minimum atomic E-state index is -0.441. The average Bonchev–Trinajstić information content (AvgIpc) is 2.61. The van der Waals surface area contributed by atoms with E-state index in [2.05, 4.69) is 20.9 Å². The van der Waals surface area contributed by atoms with E-state index in [4.69, 9.17) is 4.74 Å². The fourth-order valence-electron chi connectivity index (χ4n) is 2.70. The van der Waals surface area contributed by atoms with Gasteiger partial charge in [0.05, 0.1) is 13.7 Å². The van der Waals surface area contributed by atoms with Crippen molar-refractivity contribution in [2.75, 3.05) is 19.0 Å². The largest absolute Gasteiger partial charge is 0.481 e. The summed E-state index contributed by atoms with van der Waals surface area (Å²) in [5.41, 5.74) is 4.65. The highest BCUT2D eigenvalue weighted by Gasteiger charge is 2.10. The summed E-state index contributed by atoms with van der Waals surface area (Å²) < 4.78 is 5.13. The maximum absolute atomic E-state index is 12.1. The number of pyridine rings is 1. The summed E-state index contributed by atoms with van der Waals surface area (Å²) in [5, 5.41) is 8.05. The summed E-state index contributed by atoms with van der Waals surface area (Å²) in [4.78, 5) is 28.0. The number of urea groups is 1. The van der Waals surface area contributed by atoms with Crippen molar-refractivity contribution in [2.24, 2.45) is 0 Å². The smallest absolute Gasteiger partial charge is 0.315 e. The summed E-state index contributed by atoms with van der Waals surface area (Å²) in [6.07, 6.45) is 1.61. The van der Waals surface area contributed by atoms with Crippen LogP contribution in [0.1, 0.15) is 22.3 Å². The number of hydrogen-bond donors (Lipinski definition) is 3. The number of hydrogen-bond acceptors (Lipinski definition) is 4. The molecule has 1 aromatic carbocycles. The minimum absolute atomic E-state index is 0.122.